The Balaban J connectivity index is 1.46. The smallest absolute Gasteiger partial charge is 0.323 e. The maximum Gasteiger partial charge on any atom is 0.323 e. The number of ether oxygens (including phenoxy) is 1. The van der Waals surface area contributed by atoms with Gasteiger partial charge < -0.3 is 26.0 Å². The van der Waals surface area contributed by atoms with Gasteiger partial charge in [-0.1, -0.05) is 30.3 Å². The maximum atomic E-state index is 13.4. The molecule has 0 spiro atoms. The van der Waals surface area contributed by atoms with Crippen LogP contribution in [0.15, 0.2) is 83.9 Å². The van der Waals surface area contributed by atoms with Crippen LogP contribution in [-0.2, 0) is 9.73 Å². The number of rotatable bonds is 5. The van der Waals surface area contributed by atoms with Gasteiger partial charge in [0.2, 0.25) is 5.95 Å². The lowest BCUT2D eigenvalue weighted by Crippen LogP contribution is -2.19. The van der Waals surface area contributed by atoms with Gasteiger partial charge in [-0.15, -0.1) is 0 Å². The Labute approximate surface area is 233 Å². The summed E-state index contributed by atoms with van der Waals surface area (Å²) in [6.45, 7) is 3.14. The van der Waals surface area contributed by atoms with Crippen molar-refractivity contribution in [3.05, 3.63) is 79.0 Å². The minimum atomic E-state index is -3.10. The van der Waals surface area contributed by atoms with Crippen LogP contribution in [0.3, 0.4) is 0 Å². The van der Waals surface area contributed by atoms with Gasteiger partial charge in [-0.2, -0.15) is 4.98 Å². The molecule has 3 aromatic carbocycles. The summed E-state index contributed by atoms with van der Waals surface area (Å²) in [5, 5.41) is 12.1. The third-order valence-corrected chi connectivity index (χ3v) is 8.11. The maximum absolute atomic E-state index is 13.4. The van der Waals surface area contributed by atoms with Gasteiger partial charge in [-0.05, 0) is 67.8 Å². The van der Waals surface area contributed by atoms with E-state index < -0.39 is 15.8 Å². The molecular weight excluding hydrogens is 526 g/mol. The fourth-order valence-corrected chi connectivity index (χ4v) is 5.80. The summed E-state index contributed by atoms with van der Waals surface area (Å²) >= 11 is 0. The number of urea groups is 1. The van der Waals surface area contributed by atoms with Crippen molar-refractivity contribution in [3.8, 4) is 16.9 Å². The molecule has 1 unspecified atom stereocenters. The number of nitrogens with one attached hydrogen (secondary N) is 5. The molecule has 206 valence electrons. The first kappa shape index (κ1) is 26.9. The van der Waals surface area contributed by atoms with Crippen molar-refractivity contribution in [1.29, 1.82) is 4.78 Å². The van der Waals surface area contributed by atoms with Crippen LogP contribution < -0.4 is 26.0 Å². The van der Waals surface area contributed by atoms with E-state index in [2.05, 4.69) is 26.3 Å². The zero-order valence-corrected chi connectivity index (χ0v) is 22.9. The third kappa shape index (κ3) is 6.67. The van der Waals surface area contributed by atoms with Crippen molar-refractivity contribution in [3.63, 3.8) is 0 Å². The SMILES string of the molecule is CCOc1ccc(-c2cnc3nc2NCCCCS(=N)(=O)c2cc(NC(=O)Nc4ccccc4)cc(c2)N3)cc1. The number of benzene rings is 3. The van der Waals surface area contributed by atoms with E-state index >= 15 is 0 Å². The molecule has 2 amide bonds. The number of hydrogen-bond acceptors (Lipinski definition) is 8. The van der Waals surface area contributed by atoms with E-state index in [1.807, 2.05) is 49.4 Å². The van der Waals surface area contributed by atoms with Crippen molar-refractivity contribution in [1.82, 2.24) is 9.97 Å². The first-order chi connectivity index (χ1) is 19.4. The molecule has 0 saturated carbocycles. The van der Waals surface area contributed by atoms with E-state index in [4.69, 9.17) is 14.5 Å². The van der Waals surface area contributed by atoms with Crippen LogP contribution in [0.2, 0.25) is 0 Å². The number of nitrogens with zero attached hydrogens (tertiary/aromatic N) is 2. The third-order valence-electron chi connectivity index (χ3n) is 6.25. The molecule has 2 heterocycles. The molecule has 11 heteroatoms. The molecule has 0 fully saturated rings. The monoisotopic (exact) mass is 557 g/mol. The van der Waals surface area contributed by atoms with Gasteiger partial charge in [-0.25, -0.2) is 18.8 Å². The first-order valence-corrected chi connectivity index (χ1v) is 14.8. The number of hydrogen-bond donors (Lipinski definition) is 5. The van der Waals surface area contributed by atoms with Crippen molar-refractivity contribution < 1.29 is 13.7 Å². The number of para-hydroxylation sites is 1. The van der Waals surface area contributed by atoms with E-state index in [0.29, 0.717) is 59.7 Å². The number of fused-ring (bicyclic) bond motifs is 4. The van der Waals surface area contributed by atoms with Gasteiger partial charge in [-0.3, -0.25) is 0 Å². The summed E-state index contributed by atoms with van der Waals surface area (Å²) in [6, 6.07) is 21.3. The molecular formula is C29H31N7O3S. The molecule has 4 bridgehead atoms. The van der Waals surface area contributed by atoms with Crippen molar-refractivity contribution >= 4 is 44.6 Å². The Bertz CT molecular complexity index is 1590. The Morgan fingerprint density at radius 1 is 1.02 bits per heavy atom. The molecule has 1 aromatic heterocycles. The minimum Gasteiger partial charge on any atom is -0.494 e. The Morgan fingerprint density at radius 3 is 2.58 bits per heavy atom. The average molecular weight is 558 g/mol. The lowest BCUT2D eigenvalue weighted by Gasteiger charge is -2.15. The molecule has 0 radical (unpaired) electrons. The fourth-order valence-electron chi connectivity index (χ4n) is 4.32. The quantitative estimate of drug-likeness (QED) is 0.188. The minimum absolute atomic E-state index is 0.197. The normalized spacial score (nSPS) is 16.6. The molecule has 0 saturated heterocycles. The van der Waals surface area contributed by atoms with Crippen molar-refractivity contribution in [2.75, 3.05) is 40.2 Å². The second-order valence-electron chi connectivity index (χ2n) is 9.24. The number of amides is 2. The summed E-state index contributed by atoms with van der Waals surface area (Å²) in [5.41, 5.74) is 3.31. The Hall–Kier alpha value is -4.64. The largest absolute Gasteiger partial charge is 0.494 e. The van der Waals surface area contributed by atoms with Crippen LogP contribution in [0.25, 0.3) is 11.1 Å². The highest BCUT2D eigenvalue weighted by atomic mass is 32.2. The highest BCUT2D eigenvalue weighted by molar-refractivity contribution is 7.92. The van der Waals surface area contributed by atoms with Crippen LogP contribution in [0.4, 0.5) is 33.6 Å². The van der Waals surface area contributed by atoms with Crippen LogP contribution in [0.1, 0.15) is 19.8 Å². The van der Waals surface area contributed by atoms with Gasteiger partial charge in [0.25, 0.3) is 0 Å². The zero-order chi connectivity index (χ0) is 28.0. The highest BCUT2D eigenvalue weighted by Gasteiger charge is 2.17. The highest BCUT2D eigenvalue weighted by Crippen LogP contribution is 2.31. The number of anilines is 5. The van der Waals surface area contributed by atoms with Crippen molar-refractivity contribution in [2.45, 2.75) is 24.7 Å². The molecule has 1 aliphatic rings. The summed E-state index contributed by atoms with van der Waals surface area (Å²) < 4.78 is 27.6. The van der Waals surface area contributed by atoms with E-state index in [1.165, 1.54) is 0 Å². The van der Waals surface area contributed by atoms with Gasteiger partial charge in [0, 0.05) is 41.1 Å². The average Bonchev–Trinajstić information content (AvgIpc) is 2.94. The Morgan fingerprint density at radius 2 is 1.80 bits per heavy atom. The van der Waals surface area contributed by atoms with E-state index in [-0.39, 0.29) is 5.75 Å². The topological polar surface area (TPSA) is 141 Å². The van der Waals surface area contributed by atoms with E-state index in [1.54, 1.807) is 36.5 Å². The number of carbonyl (C=O) groups is 1. The van der Waals surface area contributed by atoms with Gasteiger partial charge in [0.1, 0.15) is 11.6 Å². The second-order valence-corrected chi connectivity index (χ2v) is 11.5. The predicted octanol–water partition coefficient (Wildman–Crippen LogP) is 6.54. The summed E-state index contributed by atoms with van der Waals surface area (Å²) in [4.78, 5) is 22.2. The molecule has 1 aliphatic heterocycles. The van der Waals surface area contributed by atoms with E-state index in [9.17, 15) is 9.00 Å². The number of carbonyl (C=O) groups excluding carboxylic acids is 1. The number of aromatic nitrogens is 2. The summed E-state index contributed by atoms with van der Waals surface area (Å²) in [5.74, 6) is 1.97. The Kier molecular flexibility index (Phi) is 8.11. The molecule has 4 aromatic rings. The summed E-state index contributed by atoms with van der Waals surface area (Å²) in [6.07, 6.45) is 3.03. The standard InChI is InChI=1S/C29H31N7O3S/c1-2-39-24-12-10-20(11-13-24)26-19-32-28-33-22-16-23(35-29(37)34-21-8-4-3-5-9-21)18-25(17-22)40(30,38)15-7-6-14-31-27(26)36-28/h3-5,8-13,16-19,30H,2,6-7,14-15H2,1H3,(H2,34,35,37)(H2,31,32,33,36). The fraction of sp³-hybridized carbons (Fsp3) is 0.207. The molecule has 5 rings (SSSR count). The lowest BCUT2D eigenvalue weighted by atomic mass is 10.1. The van der Waals surface area contributed by atoms with Gasteiger partial charge in [0.15, 0.2) is 0 Å². The van der Waals surface area contributed by atoms with Crippen LogP contribution in [-0.4, -0.2) is 39.1 Å². The van der Waals surface area contributed by atoms with Crippen LogP contribution in [0.5, 0.6) is 5.75 Å². The van der Waals surface area contributed by atoms with E-state index in [0.717, 1.165) is 16.9 Å². The molecule has 0 aliphatic carbocycles. The zero-order valence-electron chi connectivity index (χ0n) is 22.1. The molecule has 40 heavy (non-hydrogen) atoms. The van der Waals surface area contributed by atoms with Crippen molar-refractivity contribution in [2.24, 2.45) is 0 Å². The first-order valence-electron chi connectivity index (χ1n) is 13.1. The van der Waals surface area contributed by atoms with Crippen LogP contribution >= 0.6 is 0 Å². The van der Waals surface area contributed by atoms with Crippen LogP contribution in [0, 0.1) is 4.78 Å². The van der Waals surface area contributed by atoms with Gasteiger partial charge in [0.05, 0.1) is 21.2 Å². The second kappa shape index (κ2) is 12.0. The molecule has 1 atom stereocenters. The molecule has 5 N–H and O–H groups in total. The van der Waals surface area contributed by atoms with Gasteiger partial charge >= 0.3 is 6.03 Å². The lowest BCUT2D eigenvalue weighted by molar-refractivity contribution is 0.262. The molecule has 10 nitrogen and oxygen atoms in total. The predicted molar refractivity (Wildman–Crippen MR) is 159 cm³/mol. The summed E-state index contributed by atoms with van der Waals surface area (Å²) in [7, 11) is -3.10.